The number of aliphatic hydroxyl groups is 1. The van der Waals surface area contributed by atoms with Gasteiger partial charge in [0, 0.05) is 180 Å². The number of guanidine groups is 4. The molecule has 0 aromatic carbocycles. The number of aromatic amines is 2. The maximum atomic E-state index is 14.4. The number of aliphatic imine (C=N–C) groups is 4. The number of aromatic nitrogens is 4. The number of imidazole rings is 2. The molecule has 756 valence electrons. The van der Waals surface area contributed by atoms with Crippen LogP contribution in [-0.4, -0.2) is 339 Å². The van der Waals surface area contributed by atoms with Crippen LogP contribution in [0.3, 0.4) is 0 Å². The molecule has 0 spiro atoms. The molecule has 0 saturated carbocycles. The molecule has 0 radical (unpaired) electrons. The molecule has 2 aromatic rings. The van der Waals surface area contributed by atoms with Gasteiger partial charge >= 0.3 is 0 Å². The molecule has 38 N–H and O–H groups in total. The van der Waals surface area contributed by atoms with E-state index in [4.69, 9.17) is 86.0 Å². The van der Waals surface area contributed by atoms with Gasteiger partial charge in [-0.05, 0) is 141 Å². The van der Waals surface area contributed by atoms with Crippen LogP contribution in [0.1, 0.15) is 199 Å². The van der Waals surface area contributed by atoms with Gasteiger partial charge in [-0.25, -0.2) is 9.97 Å². The first-order valence-corrected chi connectivity index (χ1v) is 47.2. The molecule has 0 aliphatic heterocycles. The highest BCUT2D eigenvalue weighted by Crippen LogP contribution is 2.21. The molecule has 0 bridgehead atoms. The van der Waals surface area contributed by atoms with Gasteiger partial charge in [-0.15, -0.1) is 0 Å². The molecule has 13 amide bonds. The van der Waals surface area contributed by atoms with Crippen molar-refractivity contribution in [2.24, 2.45) is 106 Å². The molecule has 0 saturated heterocycles. The van der Waals surface area contributed by atoms with E-state index in [1.54, 1.807) is 6.20 Å². The van der Waals surface area contributed by atoms with Crippen LogP contribution in [0, 0.1) is 0 Å². The zero-order valence-corrected chi connectivity index (χ0v) is 79.7. The van der Waals surface area contributed by atoms with Crippen LogP contribution in [0.4, 0.5) is 0 Å². The summed E-state index contributed by atoms with van der Waals surface area (Å²) in [4.78, 5) is 215. The molecule has 0 fully saturated rings. The molecule has 48 nitrogen and oxygen atoms in total. The molecule has 2 rings (SSSR count). The lowest BCUT2D eigenvalue weighted by Gasteiger charge is -2.34. The summed E-state index contributed by atoms with van der Waals surface area (Å²) in [5, 5.41) is 23.9. The van der Waals surface area contributed by atoms with Gasteiger partial charge in [-0.3, -0.25) is 82.3 Å². The predicted molar refractivity (Wildman–Crippen MR) is 518 cm³/mol. The summed E-state index contributed by atoms with van der Waals surface area (Å²) >= 11 is 8.41. The maximum Gasteiger partial charge on any atom is 0.243 e. The van der Waals surface area contributed by atoms with Crippen molar-refractivity contribution in [3.8, 4) is 0 Å². The number of hydrogen-bond donors (Lipinski definition) is 25. The molecule has 0 aliphatic rings. The third-order valence-electron chi connectivity index (χ3n) is 21.3. The van der Waals surface area contributed by atoms with Crippen molar-refractivity contribution in [1.82, 2.24) is 75.9 Å². The second-order valence-corrected chi connectivity index (χ2v) is 32.7. The quantitative estimate of drug-likeness (QED) is 0.0127. The van der Waals surface area contributed by atoms with E-state index in [0.29, 0.717) is 140 Å². The zero-order chi connectivity index (χ0) is 99.4. The minimum absolute atomic E-state index is 0.0143. The number of H-pyrrole nitrogens is 2. The first-order chi connectivity index (χ1) is 63.6. The number of aliphatic hydroxyl groups excluding tert-OH is 1. The number of nitrogens with zero attached hydrogens (tertiary/aromatic N) is 12. The normalized spacial score (nSPS) is 12.7. The van der Waals surface area contributed by atoms with Crippen molar-refractivity contribution in [1.29, 1.82) is 0 Å². The Morgan fingerprint density at radius 3 is 0.932 bits per heavy atom. The van der Waals surface area contributed by atoms with E-state index in [1.165, 1.54) is 55.2 Å². The Morgan fingerprint density at radius 1 is 0.361 bits per heavy atom. The fourth-order valence-corrected chi connectivity index (χ4v) is 14.7. The van der Waals surface area contributed by atoms with Crippen molar-refractivity contribution in [2.75, 3.05) is 136 Å². The third kappa shape index (κ3) is 51.8. The SMILES string of the molecule is CC(O)C(N)C(=O)NCCN(C(=O)CCS)C(CCCN=C(N)N)C(=O)NCCN(C(=O)CCCCCN)C(Cc1cnc[nH]1)C(=O)NCCN(C(=O)CCCCN=C(N)N)C(CCCCN)C(N)=O.CCCCCC(C(N)=O)N(CCNC(=O)C(Cc1cnc[nH]1)N(CCNC(=O)C(CCCN=C(N)N)N(CCN)C(=O)CCS)C(=O)CCCCCN)C(=O)CCCCN=C(N)N. The number of carbonyl (C=O) groups excluding carboxylic acids is 13. The molecule has 2 heterocycles. The van der Waals surface area contributed by atoms with Crippen LogP contribution in [-0.2, 0) is 75.2 Å². The monoisotopic (exact) mass is 1920 g/mol. The predicted octanol–water partition coefficient (Wildman–Crippen LogP) is -6.31. The minimum Gasteiger partial charge on any atom is -0.391 e. The van der Waals surface area contributed by atoms with Crippen LogP contribution in [0.15, 0.2) is 45.0 Å². The number of amides is 13. The fraction of sp³-hybridized carbons (Fsp3) is 0.723. The molecular formula is C83H158N34O14S2. The van der Waals surface area contributed by atoms with Crippen LogP contribution < -0.4 is 113 Å². The van der Waals surface area contributed by atoms with E-state index in [9.17, 15) is 67.4 Å². The van der Waals surface area contributed by atoms with Gasteiger partial charge in [0.15, 0.2) is 23.8 Å². The smallest absolute Gasteiger partial charge is 0.243 e. The lowest BCUT2D eigenvalue weighted by atomic mass is 10.0. The van der Waals surface area contributed by atoms with Gasteiger partial charge in [0.05, 0.1) is 18.8 Å². The molecule has 8 atom stereocenters. The van der Waals surface area contributed by atoms with Crippen LogP contribution in [0.2, 0.25) is 0 Å². The van der Waals surface area contributed by atoms with E-state index in [0.717, 1.165) is 12.8 Å². The number of thiol groups is 2. The van der Waals surface area contributed by atoms with Gasteiger partial charge in [0.25, 0.3) is 0 Å². The second kappa shape index (κ2) is 72.6. The van der Waals surface area contributed by atoms with Crippen molar-refractivity contribution in [2.45, 2.75) is 248 Å². The second-order valence-electron chi connectivity index (χ2n) is 31.8. The number of nitrogens with one attached hydrogen (secondary N) is 7. The van der Waals surface area contributed by atoms with Crippen molar-refractivity contribution in [3.63, 3.8) is 0 Å². The summed E-state index contributed by atoms with van der Waals surface area (Å²) in [6, 6.07) is -7.35. The molecule has 133 heavy (non-hydrogen) atoms. The third-order valence-corrected chi connectivity index (χ3v) is 21.8. The Hall–Kier alpha value is -10.9. The number of unbranched alkanes of at least 4 members (excludes halogenated alkanes) is 9. The molecule has 2 aromatic heterocycles. The summed E-state index contributed by atoms with van der Waals surface area (Å²) in [5.74, 6) is -6.25. The first-order valence-electron chi connectivity index (χ1n) is 46.0. The average molecular weight is 1920 g/mol. The lowest BCUT2D eigenvalue weighted by molar-refractivity contribution is -0.142. The van der Waals surface area contributed by atoms with E-state index < -0.39 is 95.7 Å². The number of nitrogens with two attached hydrogens (primary N) is 15. The van der Waals surface area contributed by atoms with E-state index >= 15 is 0 Å². The number of primary amides is 2. The van der Waals surface area contributed by atoms with Crippen LogP contribution >= 0.6 is 25.3 Å². The summed E-state index contributed by atoms with van der Waals surface area (Å²) < 4.78 is 0. The Bertz CT molecular complexity index is 3820. The van der Waals surface area contributed by atoms with Crippen molar-refractivity contribution in [3.05, 3.63) is 36.4 Å². The molecular weight excluding hydrogens is 1760 g/mol. The van der Waals surface area contributed by atoms with Crippen LogP contribution in [0.5, 0.6) is 0 Å². The Labute approximate surface area is 792 Å². The van der Waals surface area contributed by atoms with E-state index in [1.807, 2.05) is 6.92 Å². The molecule has 8 unspecified atom stereocenters. The first kappa shape index (κ1) is 120. The van der Waals surface area contributed by atoms with Gasteiger partial charge < -0.3 is 157 Å². The Kier molecular flexibility index (Phi) is 65.5. The topological polar surface area (TPSA) is 819 Å². The highest BCUT2D eigenvalue weighted by Gasteiger charge is 2.37. The summed E-state index contributed by atoms with van der Waals surface area (Å²) in [6.45, 7) is 4.99. The van der Waals surface area contributed by atoms with Crippen LogP contribution in [0.25, 0.3) is 0 Å². The Morgan fingerprint density at radius 2 is 0.639 bits per heavy atom. The summed E-state index contributed by atoms with van der Waals surface area (Å²) in [5.41, 5.74) is 85.2. The molecule has 0 aliphatic carbocycles. The Balaban J connectivity index is 0.00000134. The minimum atomic E-state index is -1.22. The standard InChI is InChI=1S/C43H82N18O8S.C40H76N16O6S/c1-29(62)37(46)41(69)55-21-23-60(36(65)14-25-70)32(11-9-18-57-43(50)51)39(67)53-20-24-61(35(64)12-3-2-6-15-44)33(26-30-27-52-28-58-30)40(68)54-19-22-59(31(38(47)66)10-4-7-16-45)34(63)13-5-8-17-56-42(48)49;1-2-3-5-11-30(36(43)60)55(33(57)14-7-9-18-51-39(44)45)23-20-50-38(62)32(26-29-27-48-28-53-29)56(34(58)13-6-4-8-16-41)24-21-49-37(61)31(12-10-19-52-40(46)47)54(22-17-42)35(59)15-25-63/h27-29,31-33,37,62,70H,2-26,44-46H2,1H3,(H2,47,66)(H,52,58)(H,53,67)(H,54,68)(H,55,69)(H4,48,49,56)(H4,50,51,57);27-28,30-32,63H,2-26,41-42H2,1H3,(H2,43,60)(H,48,53)(H,49,61)(H,50,62)(H4,44,45,51)(H4,46,47,52). The van der Waals surface area contributed by atoms with E-state index in [-0.39, 0.29) is 234 Å². The van der Waals surface area contributed by atoms with Gasteiger partial charge in [-0.2, -0.15) is 25.3 Å². The lowest BCUT2D eigenvalue weighted by Crippen LogP contribution is -2.56. The number of carbonyl (C=O) groups is 13. The largest absolute Gasteiger partial charge is 0.391 e. The van der Waals surface area contributed by atoms with Crippen molar-refractivity contribution >= 4 is 126 Å². The highest BCUT2D eigenvalue weighted by molar-refractivity contribution is 7.80. The zero-order valence-electron chi connectivity index (χ0n) is 78.0. The average Bonchev–Trinajstić information content (AvgIpc) is 1.82. The van der Waals surface area contributed by atoms with E-state index in [2.05, 4.69) is 91.7 Å². The van der Waals surface area contributed by atoms with Gasteiger partial charge in [0.2, 0.25) is 76.8 Å². The number of rotatable bonds is 75. The maximum absolute atomic E-state index is 14.4. The van der Waals surface area contributed by atoms with Gasteiger partial charge in [0.1, 0.15) is 42.3 Å². The summed E-state index contributed by atoms with van der Waals surface area (Å²) in [7, 11) is 0. The summed E-state index contributed by atoms with van der Waals surface area (Å²) in [6.07, 6.45) is 16.0. The highest BCUT2D eigenvalue weighted by atomic mass is 32.1. The van der Waals surface area contributed by atoms with Crippen molar-refractivity contribution < 1.29 is 67.4 Å². The van der Waals surface area contributed by atoms with Gasteiger partial charge in [-0.1, -0.05) is 39.0 Å². The number of hydrogen-bond acceptors (Lipinski definition) is 27. The molecule has 50 heteroatoms. The fourth-order valence-electron chi connectivity index (χ4n) is 14.3.